The zero-order valence-corrected chi connectivity index (χ0v) is 21.4. The number of carbonyl (C=O) groups is 4. The van der Waals surface area contributed by atoms with E-state index in [4.69, 9.17) is 44.6 Å². The Balaban J connectivity index is 5.53. The molecule has 0 N–H and O–H groups in total. The van der Waals surface area contributed by atoms with E-state index in [1.165, 1.54) is 0 Å². The number of ether oxygens (including phenoxy) is 4. The highest BCUT2D eigenvalue weighted by molar-refractivity contribution is 5.71. The van der Waals surface area contributed by atoms with E-state index >= 15 is 0 Å². The van der Waals surface area contributed by atoms with Crippen LogP contribution in [-0.4, -0.2) is 50.3 Å². The van der Waals surface area contributed by atoms with Crippen LogP contribution in [0, 0.1) is 54.8 Å². The Morgan fingerprint density at radius 3 is 0.865 bits per heavy atom. The maximum Gasteiger partial charge on any atom is 0.305 e. The molecule has 0 saturated heterocycles. The van der Waals surface area contributed by atoms with Crippen molar-refractivity contribution in [2.75, 3.05) is 26.4 Å². The van der Waals surface area contributed by atoms with E-state index in [1.807, 2.05) is 0 Å². The van der Waals surface area contributed by atoms with Gasteiger partial charge in [-0.2, -0.15) is 0 Å². The monoisotopic (exact) mass is 512 g/mol. The largest absolute Gasteiger partial charge is 0.465 e. The Morgan fingerprint density at radius 1 is 0.459 bits per heavy atom. The van der Waals surface area contributed by atoms with Gasteiger partial charge < -0.3 is 18.9 Å². The molecular formula is C29H36O8. The first kappa shape index (κ1) is 33.1. The minimum Gasteiger partial charge on any atom is -0.465 e. The van der Waals surface area contributed by atoms with Crippen LogP contribution >= 0.6 is 0 Å². The average Bonchev–Trinajstić information content (AvgIpc) is 2.88. The Labute approximate surface area is 220 Å². The lowest BCUT2D eigenvalue weighted by Gasteiger charge is -2.31. The van der Waals surface area contributed by atoms with Gasteiger partial charge in [-0.3, -0.25) is 19.2 Å². The summed E-state index contributed by atoms with van der Waals surface area (Å²) in [5, 5.41) is 0. The predicted octanol–water partition coefficient (Wildman–Crippen LogP) is 3.36. The van der Waals surface area contributed by atoms with Gasteiger partial charge in [0.05, 0.1) is 0 Å². The summed E-state index contributed by atoms with van der Waals surface area (Å²) in [6.45, 7) is -1.30. The van der Waals surface area contributed by atoms with E-state index in [0.29, 0.717) is 51.4 Å². The fourth-order valence-electron chi connectivity index (χ4n) is 2.81. The zero-order chi connectivity index (χ0) is 27.8. The van der Waals surface area contributed by atoms with Gasteiger partial charge in [-0.25, -0.2) is 0 Å². The van der Waals surface area contributed by atoms with Gasteiger partial charge in [0.25, 0.3) is 0 Å². The molecule has 0 amide bonds. The van der Waals surface area contributed by atoms with Crippen LogP contribution in [0.3, 0.4) is 0 Å². The van der Waals surface area contributed by atoms with Crippen LogP contribution in [0.2, 0.25) is 0 Å². The van der Waals surface area contributed by atoms with E-state index in [9.17, 15) is 19.2 Å². The molecule has 0 aliphatic heterocycles. The molecule has 0 saturated carbocycles. The highest BCUT2D eigenvalue weighted by atomic mass is 16.6. The van der Waals surface area contributed by atoms with Crippen LogP contribution in [0.25, 0.3) is 0 Å². The third-order valence-electron chi connectivity index (χ3n) is 4.97. The third-order valence-corrected chi connectivity index (χ3v) is 4.97. The maximum atomic E-state index is 12.2. The van der Waals surface area contributed by atoms with Crippen molar-refractivity contribution >= 4 is 23.9 Å². The lowest BCUT2D eigenvalue weighted by Crippen LogP contribution is -2.44. The summed E-state index contributed by atoms with van der Waals surface area (Å²) >= 11 is 0. The van der Waals surface area contributed by atoms with Crippen LogP contribution in [0.5, 0.6) is 0 Å². The second-order valence-corrected chi connectivity index (χ2v) is 8.37. The molecule has 0 heterocycles. The highest BCUT2D eigenvalue weighted by Crippen LogP contribution is 2.23. The van der Waals surface area contributed by atoms with E-state index in [1.54, 1.807) is 0 Å². The Morgan fingerprint density at radius 2 is 0.676 bits per heavy atom. The van der Waals surface area contributed by atoms with Gasteiger partial charge in [-0.05, 0) is 25.7 Å². The van der Waals surface area contributed by atoms with Crippen molar-refractivity contribution in [2.24, 2.45) is 5.41 Å². The van der Waals surface area contributed by atoms with Crippen LogP contribution in [0.4, 0.5) is 0 Å². The van der Waals surface area contributed by atoms with Crippen LogP contribution in [-0.2, 0) is 38.1 Å². The second-order valence-electron chi connectivity index (χ2n) is 8.37. The van der Waals surface area contributed by atoms with Crippen molar-refractivity contribution in [1.29, 1.82) is 0 Å². The molecule has 0 aliphatic rings. The number of hydrogen-bond acceptors (Lipinski definition) is 8. The van der Waals surface area contributed by atoms with E-state index in [2.05, 4.69) is 23.7 Å². The number of hydrogen-bond donors (Lipinski definition) is 0. The molecule has 0 bridgehead atoms. The molecular weight excluding hydrogens is 476 g/mol. The van der Waals surface area contributed by atoms with Gasteiger partial charge in [0.15, 0.2) is 0 Å². The lowest BCUT2D eigenvalue weighted by atomic mass is 9.92. The summed E-state index contributed by atoms with van der Waals surface area (Å²) in [5.41, 5.74) is -1.33. The number of carbonyl (C=O) groups excluding carboxylic acids is 4. The smallest absolute Gasteiger partial charge is 0.305 e. The quantitative estimate of drug-likeness (QED) is 0.106. The molecule has 0 aromatic carbocycles. The molecule has 0 rings (SSSR count). The highest BCUT2D eigenvalue weighted by Gasteiger charge is 2.38. The Hall–Kier alpha value is -3.88. The van der Waals surface area contributed by atoms with Crippen molar-refractivity contribution in [3.8, 4) is 49.4 Å². The number of rotatable bonds is 20. The fraction of sp³-hybridized carbons (Fsp3) is 0.586. The van der Waals surface area contributed by atoms with Crippen LogP contribution in [0.15, 0.2) is 0 Å². The maximum absolute atomic E-state index is 12.2. The molecule has 0 fully saturated rings. The summed E-state index contributed by atoms with van der Waals surface area (Å²) in [5.74, 6) is 7.59. The van der Waals surface area contributed by atoms with Crippen molar-refractivity contribution in [3.05, 3.63) is 0 Å². The fourth-order valence-corrected chi connectivity index (χ4v) is 2.81. The summed E-state index contributed by atoms with van der Waals surface area (Å²) in [4.78, 5) is 48.9. The molecule has 0 atom stereocenters. The van der Waals surface area contributed by atoms with Gasteiger partial charge in [0.2, 0.25) is 0 Å². The topological polar surface area (TPSA) is 105 Å². The lowest BCUT2D eigenvalue weighted by molar-refractivity contribution is -0.170. The number of terminal acetylenes is 4. The van der Waals surface area contributed by atoms with Crippen molar-refractivity contribution < 1.29 is 38.1 Å². The molecule has 0 aliphatic carbocycles. The van der Waals surface area contributed by atoms with E-state index in [-0.39, 0.29) is 52.1 Å². The summed E-state index contributed by atoms with van der Waals surface area (Å²) < 4.78 is 21.5. The minimum atomic E-state index is -1.33. The number of esters is 4. The first-order valence-electron chi connectivity index (χ1n) is 12.2. The molecule has 0 spiro atoms. The van der Waals surface area contributed by atoms with Gasteiger partial charge in [0, 0.05) is 51.4 Å². The molecule has 200 valence electrons. The van der Waals surface area contributed by atoms with Crippen LogP contribution < -0.4 is 0 Å². The summed E-state index contributed by atoms with van der Waals surface area (Å²) in [6.07, 6.45) is 24.5. The van der Waals surface area contributed by atoms with Crippen molar-refractivity contribution in [1.82, 2.24) is 0 Å². The summed E-state index contributed by atoms with van der Waals surface area (Å²) in [6, 6.07) is 0. The molecule has 8 nitrogen and oxygen atoms in total. The average molecular weight is 513 g/mol. The van der Waals surface area contributed by atoms with Gasteiger partial charge in [-0.1, -0.05) is 0 Å². The van der Waals surface area contributed by atoms with Gasteiger partial charge in [-0.15, -0.1) is 49.4 Å². The third kappa shape index (κ3) is 18.1. The van der Waals surface area contributed by atoms with E-state index < -0.39 is 29.3 Å². The summed E-state index contributed by atoms with van der Waals surface area (Å²) in [7, 11) is 0. The molecule has 8 heteroatoms. The minimum absolute atomic E-state index is 0.0733. The predicted molar refractivity (Wildman–Crippen MR) is 137 cm³/mol. The number of unbranched alkanes of at least 4 members (excludes halogenated alkanes) is 4. The first-order chi connectivity index (χ1) is 17.8. The zero-order valence-electron chi connectivity index (χ0n) is 21.4. The van der Waals surface area contributed by atoms with Gasteiger partial charge in [0.1, 0.15) is 31.8 Å². The van der Waals surface area contributed by atoms with Crippen molar-refractivity contribution in [2.45, 2.75) is 77.0 Å². The molecule has 0 unspecified atom stereocenters. The standard InChI is InChI=1S/C29H36O8/c1-5-9-13-17-25(30)34-21-29(22-35-26(31)18-14-10-6-2,23-36-27(32)19-15-11-7-3)24-37-28(33)20-16-12-8-4/h1-4H,9-24H2. The second kappa shape index (κ2) is 21.4. The Kier molecular flexibility index (Phi) is 19.2. The normalized spacial score (nSPS) is 10.1. The Bertz CT molecular complexity index is 741. The van der Waals surface area contributed by atoms with Crippen LogP contribution in [0.1, 0.15) is 77.0 Å². The molecule has 0 aromatic rings. The molecule has 37 heavy (non-hydrogen) atoms. The first-order valence-corrected chi connectivity index (χ1v) is 12.2. The van der Waals surface area contributed by atoms with E-state index in [0.717, 1.165) is 0 Å². The molecule has 0 radical (unpaired) electrons. The SMILES string of the molecule is C#CCCCC(=O)OCC(COC(=O)CCCC#C)(COC(=O)CCCC#C)COC(=O)CCCC#C. The van der Waals surface area contributed by atoms with Gasteiger partial charge >= 0.3 is 23.9 Å². The van der Waals surface area contributed by atoms with Crippen molar-refractivity contribution in [3.63, 3.8) is 0 Å². The molecule has 0 aromatic heterocycles.